The van der Waals surface area contributed by atoms with Gasteiger partial charge in [0, 0.05) is 15.3 Å². The SMILES string of the molecule is Cc1ccc(C(C)n2c(Cl)nnc2-c2ccccc2)s1. The third-order valence-electron chi connectivity index (χ3n) is 3.25. The average molecular weight is 304 g/mol. The number of aromatic nitrogens is 3. The van der Waals surface area contributed by atoms with E-state index in [1.165, 1.54) is 9.75 Å². The van der Waals surface area contributed by atoms with Gasteiger partial charge in [0.25, 0.3) is 0 Å². The van der Waals surface area contributed by atoms with Gasteiger partial charge >= 0.3 is 0 Å². The first-order valence-corrected chi connectivity index (χ1v) is 7.58. The van der Waals surface area contributed by atoms with Crippen molar-refractivity contribution in [3.63, 3.8) is 0 Å². The average Bonchev–Trinajstić information content (AvgIpc) is 3.05. The lowest BCUT2D eigenvalue weighted by molar-refractivity contribution is 0.655. The second kappa shape index (κ2) is 5.38. The smallest absolute Gasteiger partial charge is 0.225 e. The molecular formula is C15H14ClN3S. The Morgan fingerprint density at radius 3 is 2.50 bits per heavy atom. The van der Waals surface area contributed by atoms with Gasteiger partial charge in [0.05, 0.1) is 6.04 Å². The van der Waals surface area contributed by atoms with Gasteiger partial charge in [-0.1, -0.05) is 30.3 Å². The highest BCUT2D eigenvalue weighted by molar-refractivity contribution is 7.12. The number of thiophene rings is 1. The molecule has 0 aliphatic rings. The summed E-state index contributed by atoms with van der Waals surface area (Å²) < 4.78 is 1.97. The number of nitrogens with zero attached hydrogens (tertiary/aromatic N) is 3. The summed E-state index contributed by atoms with van der Waals surface area (Å²) in [5.41, 5.74) is 1.02. The fraction of sp³-hybridized carbons (Fsp3) is 0.200. The van der Waals surface area contributed by atoms with Gasteiger partial charge in [-0.25, -0.2) is 0 Å². The van der Waals surface area contributed by atoms with Gasteiger partial charge in [-0.15, -0.1) is 21.5 Å². The lowest BCUT2D eigenvalue weighted by Crippen LogP contribution is -2.07. The fourth-order valence-corrected chi connectivity index (χ4v) is 3.39. The van der Waals surface area contributed by atoms with Crippen molar-refractivity contribution >= 4 is 22.9 Å². The van der Waals surface area contributed by atoms with Gasteiger partial charge in [-0.05, 0) is 37.6 Å². The summed E-state index contributed by atoms with van der Waals surface area (Å²) in [6.45, 7) is 4.22. The zero-order valence-corrected chi connectivity index (χ0v) is 12.8. The molecule has 0 N–H and O–H groups in total. The Hall–Kier alpha value is -1.65. The number of aryl methyl sites for hydroxylation is 1. The number of hydrogen-bond acceptors (Lipinski definition) is 3. The molecule has 0 radical (unpaired) electrons. The molecule has 3 nitrogen and oxygen atoms in total. The molecule has 2 aromatic heterocycles. The molecule has 0 fully saturated rings. The summed E-state index contributed by atoms with van der Waals surface area (Å²) in [6.07, 6.45) is 0. The molecule has 20 heavy (non-hydrogen) atoms. The van der Waals surface area contributed by atoms with Crippen LogP contribution in [0.15, 0.2) is 42.5 Å². The molecule has 0 aliphatic carbocycles. The number of rotatable bonds is 3. The van der Waals surface area contributed by atoms with Crippen molar-refractivity contribution < 1.29 is 0 Å². The molecule has 0 saturated heterocycles. The van der Waals surface area contributed by atoms with E-state index >= 15 is 0 Å². The molecule has 0 saturated carbocycles. The van der Waals surface area contributed by atoms with Crippen LogP contribution in [-0.4, -0.2) is 14.8 Å². The van der Waals surface area contributed by atoms with Crippen LogP contribution >= 0.6 is 22.9 Å². The molecular weight excluding hydrogens is 290 g/mol. The summed E-state index contributed by atoms with van der Waals surface area (Å²) in [5.74, 6) is 0.800. The van der Waals surface area contributed by atoms with Crippen molar-refractivity contribution in [3.8, 4) is 11.4 Å². The quantitative estimate of drug-likeness (QED) is 0.709. The van der Waals surface area contributed by atoms with Crippen LogP contribution < -0.4 is 0 Å². The molecule has 1 unspecified atom stereocenters. The maximum absolute atomic E-state index is 6.24. The maximum Gasteiger partial charge on any atom is 0.225 e. The van der Waals surface area contributed by atoms with E-state index in [9.17, 15) is 0 Å². The van der Waals surface area contributed by atoms with Gasteiger partial charge in [-0.3, -0.25) is 4.57 Å². The van der Waals surface area contributed by atoms with Crippen LogP contribution in [0.3, 0.4) is 0 Å². The highest BCUT2D eigenvalue weighted by atomic mass is 35.5. The third kappa shape index (κ3) is 2.37. The summed E-state index contributed by atoms with van der Waals surface area (Å²) in [6, 6.07) is 14.4. The van der Waals surface area contributed by atoms with Crippen molar-refractivity contribution in [2.75, 3.05) is 0 Å². The fourth-order valence-electron chi connectivity index (χ4n) is 2.20. The van der Waals surface area contributed by atoms with Crippen LogP contribution in [0.2, 0.25) is 5.28 Å². The van der Waals surface area contributed by atoms with Crippen molar-refractivity contribution in [1.29, 1.82) is 0 Å². The zero-order valence-electron chi connectivity index (χ0n) is 11.2. The number of benzene rings is 1. The Morgan fingerprint density at radius 2 is 1.85 bits per heavy atom. The van der Waals surface area contributed by atoms with E-state index in [2.05, 4.69) is 36.2 Å². The lowest BCUT2D eigenvalue weighted by atomic mass is 10.2. The van der Waals surface area contributed by atoms with E-state index < -0.39 is 0 Å². The first-order chi connectivity index (χ1) is 9.66. The molecule has 1 aromatic carbocycles. The predicted octanol–water partition coefficient (Wildman–Crippen LogP) is 4.58. The van der Waals surface area contributed by atoms with E-state index in [4.69, 9.17) is 11.6 Å². The van der Waals surface area contributed by atoms with E-state index in [1.54, 1.807) is 11.3 Å². The highest BCUT2D eigenvalue weighted by Crippen LogP contribution is 2.31. The minimum Gasteiger partial charge on any atom is -0.290 e. The minimum absolute atomic E-state index is 0.117. The van der Waals surface area contributed by atoms with Crippen LogP contribution in [0.4, 0.5) is 0 Å². The maximum atomic E-state index is 6.24. The monoisotopic (exact) mass is 303 g/mol. The predicted molar refractivity (Wildman–Crippen MR) is 83.3 cm³/mol. The first-order valence-electron chi connectivity index (χ1n) is 6.39. The number of hydrogen-bond donors (Lipinski definition) is 0. The summed E-state index contributed by atoms with van der Waals surface area (Å²) in [5, 5.41) is 8.67. The second-order valence-electron chi connectivity index (χ2n) is 4.65. The van der Waals surface area contributed by atoms with Crippen molar-refractivity contribution in [2.24, 2.45) is 0 Å². The largest absolute Gasteiger partial charge is 0.290 e. The van der Waals surface area contributed by atoms with Gasteiger partial charge in [-0.2, -0.15) is 0 Å². The Labute approximate surface area is 126 Å². The van der Waals surface area contributed by atoms with E-state index in [0.717, 1.165) is 11.4 Å². The van der Waals surface area contributed by atoms with Gasteiger partial charge in [0.1, 0.15) is 0 Å². The van der Waals surface area contributed by atoms with E-state index in [-0.39, 0.29) is 6.04 Å². The van der Waals surface area contributed by atoms with Crippen LogP contribution in [-0.2, 0) is 0 Å². The normalized spacial score (nSPS) is 12.6. The zero-order chi connectivity index (χ0) is 14.1. The molecule has 3 rings (SSSR count). The summed E-state index contributed by atoms with van der Waals surface area (Å²) in [4.78, 5) is 2.54. The topological polar surface area (TPSA) is 30.7 Å². The molecule has 2 heterocycles. The van der Waals surface area contributed by atoms with E-state index in [1.807, 2.05) is 34.9 Å². The molecule has 5 heteroatoms. The molecule has 0 aliphatic heterocycles. The van der Waals surface area contributed by atoms with Crippen molar-refractivity contribution in [3.05, 3.63) is 57.5 Å². The first kappa shape index (κ1) is 13.3. The summed E-state index contributed by atoms with van der Waals surface area (Å²) in [7, 11) is 0. The molecule has 0 spiro atoms. The minimum atomic E-state index is 0.117. The number of halogens is 1. The van der Waals surface area contributed by atoms with Crippen LogP contribution in [0.5, 0.6) is 0 Å². The molecule has 3 aromatic rings. The lowest BCUT2D eigenvalue weighted by Gasteiger charge is -2.15. The molecule has 1 atom stereocenters. The van der Waals surface area contributed by atoms with Gasteiger partial charge < -0.3 is 0 Å². The Morgan fingerprint density at radius 1 is 1.10 bits per heavy atom. The highest BCUT2D eigenvalue weighted by Gasteiger charge is 2.19. The molecule has 102 valence electrons. The van der Waals surface area contributed by atoms with Crippen molar-refractivity contribution in [2.45, 2.75) is 19.9 Å². The molecule has 0 amide bonds. The van der Waals surface area contributed by atoms with Crippen LogP contribution in [0.1, 0.15) is 22.7 Å². The van der Waals surface area contributed by atoms with Gasteiger partial charge in [0.2, 0.25) is 5.28 Å². The van der Waals surface area contributed by atoms with Gasteiger partial charge in [0.15, 0.2) is 5.82 Å². The summed E-state index contributed by atoms with van der Waals surface area (Å²) >= 11 is 8.01. The Kier molecular flexibility index (Phi) is 3.59. The Balaban J connectivity index is 2.08. The second-order valence-corrected chi connectivity index (χ2v) is 6.31. The Bertz CT molecular complexity index is 718. The third-order valence-corrected chi connectivity index (χ3v) is 4.68. The standard InChI is InChI=1S/C15H14ClN3S/c1-10-8-9-13(20-10)11(2)19-14(17-18-15(19)16)12-6-4-3-5-7-12/h3-9,11H,1-2H3. The molecule has 0 bridgehead atoms. The van der Waals surface area contributed by atoms with E-state index in [0.29, 0.717) is 5.28 Å². The van der Waals surface area contributed by atoms with Crippen molar-refractivity contribution in [1.82, 2.24) is 14.8 Å². The van der Waals surface area contributed by atoms with Crippen LogP contribution in [0, 0.1) is 6.92 Å². The van der Waals surface area contributed by atoms with Crippen LogP contribution in [0.25, 0.3) is 11.4 Å².